The number of carbonyl (C=O) groups excluding carboxylic acids is 1. The molecule has 0 aromatic carbocycles. The van der Waals surface area contributed by atoms with Crippen molar-refractivity contribution in [1.82, 2.24) is 10.2 Å². The molecule has 0 spiro atoms. The van der Waals surface area contributed by atoms with Gasteiger partial charge in [0.2, 0.25) is 0 Å². The third kappa shape index (κ3) is 5.47. The van der Waals surface area contributed by atoms with Gasteiger partial charge in [-0.05, 0) is 52.4 Å². The maximum absolute atomic E-state index is 12.2. The van der Waals surface area contributed by atoms with E-state index in [0.29, 0.717) is 5.92 Å². The van der Waals surface area contributed by atoms with Gasteiger partial charge in [0.1, 0.15) is 5.60 Å². The van der Waals surface area contributed by atoms with E-state index < -0.39 is 5.60 Å². The summed E-state index contributed by atoms with van der Waals surface area (Å²) in [7, 11) is 0. The lowest BCUT2D eigenvalue weighted by atomic mass is 10.0. The van der Waals surface area contributed by atoms with Crippen LogP contribution in [0.4, 0.5) is 4.79 Å². The lowest BCUT2D eigenvalue weighted by Gasteiger charge is -2.29. The number of likely N-dealkylation sites (tertiary alicyclic amines) is 1. The molecule has 2 fully saturated rings. The second-order valence-corrected chi connectivity index (χ2v) is 7.21. The van der Waals surface area contributed by atoms with Gasteiger partial charge in [0, 0.05) is 32.3 Å². The first-order chi connectivity index (χ1) is 9.96. The maximum atomic E-state index is 12.2. The SMILES string of the molecule is CC(C)(C)OC(=O)N1CCCC1CNCC1CCCOC1. The van der Waals surface area contributed by atoms with Gasteiger partial charge in [-0.25, -0.2) is 4.79 Å². The van der Waals surface area contributed by atoms with Crippen molar-refractivity contribution in [2.24, 2.45) is 5.92 Å². The Bertz CT molecular complexity index is 335. The minimum absolute atomic E-state index is 0.173. The van der Waals surface area contributed by atoms with Gasteiger partial charge in [0.25, 0.3) is 0 Å². The van der Waals surface area contributed by atoms with Crippen LogP contribution in [0.15, 0.2) is 0 Å². The van der Waals surface area contributed by atoms with E-state index in [1.165, 1.54) is 12.8 Å². The van der Waals surface area contributed by atoms with Crippen molar-refractivity contribution < 1.29 is 14.3 Å². The number of ether oxygens (including phenoxy) is 2. The Hall–Kier alpha value is -0.810. The van der Waals surface area contributed by atoms with Gasteiger partial charge >= 0.3 is 6.09 Å². The number of nitrogens with zero attached hydrogens (tertiary/aromatic N) is 1. The summed E-state index contributed by atoms with van der Waals surface area (Å²) in [5.74, 6) is 0.620. The summed E-state index contributed by atoms with van der Waals surface area (Å²) in [6.07, 6.45) is 4.37. The maximum Gasteiger partial charge on any atom is 0.410 e. The van der Waals surface area contributed by atoms with Crippen molar-refractivity contribution in [3.8, 4) is 0 Å². The summed E-state index contributed by atoms with van der Waals surface area (Å²) < 4.78 is 11.0. The Balaban J connectivity index is 1.72. The first-order valence-corrected chi connectivity index (χ1v) is 8.24. The summed E-state index contributed by atoms with van der Waals surface area (Å²) in [5, 5.41) is 3.52. The lowest BCUT2D eigenvalue weighted by molar-refractivity contribution is 0.0221. The average Bonchev–Trinajstić information content (AvgIpc) is 2.86. The number of nitrogens with one attached hydrogen (secondary N) is 1. The van der Waals surface area contributed by atoms with Crippen LogP contribution in [0.3, 0.4) is 0 Å². The molecule has 2 saturated heterocycles. The molecule has 2 atom stereocenters. The van der Waals surface area contributed by atoms with Gasteiger partial charge in [-0.2, -0.15) is 0 Å². The predicted molar refractivity (Wildman–Crippen MR) is 82.4 cm³/mol. The molecule has 122 valence electrons. The number of hydrogen-bond acceptors (Lipinski definition) is 4. The highest BCUT2D eigenvalue weighted by atomic mass is 16.6. The fraction of sp³-hybridized carbons (Fsp3) is 0.938. The standard InChI is InChI=1S/C16H30N2O3/c1-16(2,3)21-15(19)18-8-4-7-14(18)11-17-10-13-6-5-9-20-12-13/h13-14,17H,4-12H2,1-3H3. The second-order valence-electron chi connectivity index (χ2n) is 7.21. The molecule has 2 heterocycles. The highest BCUT2D eigenvalue weighted by Crippen LogP contribution is 2.20. The monoisotopic (exact) mass is 298 g/mol. The molecule has 0 saturated carbocycles. The fourth-order valence-electron chi connectivity index (χ4n) is 3.03. The zero-order valence-electron chi connectivity index (χ0n) is 13.7. The van der Waals surface area contributed by atoms with Gasteiger partial charge in [0.05, 0.1) is 6.61 Å². The largest absolute Gasteiger partial charge is 0.444 e. The third-order valence-electron chi connectivity index (χ3n) is 4.07. The number of hydrogen-bond donors (Lipinski definition) is 1. The molecular formula is C16H30N2O3. The smallest absolute Gasteiger partial charge is 0.410 e. The van der Waals surface area contributed by atoms with Crippen LogP contribution in [-0.2, 0) is 9.47 Å². The second kappa shape index (κ2) is 7.45. The lowest BCUT2D eigenvalue weighted by Crippen LogP contribution is -2.45. The highest BCUT2D eigenvalue weighted by Gasteiger charge is 2.31. The predicted octanol–water partition coefficient (Wildman–Crippen LogP) is 2.40. The van der Waals surface area contributed by atoms with Gasteiger partial charge in [-0.15, -0.1) is 0 Å². The van der Waals surface area contributed by atoms with Crippen LogP contribution in [0.1, 0.15) is 46.5 Å². The van der Waals surface area contributed by atoms with Crippen LogP contribution >= 0.6 is 0 Å². The topological polar surface area (TPSA) is 50.8 Å². The van der Waals surface area contributed by atoms with Crippen LogP contribution < -0.4 is 5.32 Å². The van der Waals surface area contributed by atoms with Gasteiger partial charge in [-0.3, -0.25) is 0 Å². The van der Waals surface area contributed by atoms with Crippen molar-refractivity contribution in [3.05, 3.63) is 0 Å². The van der Waals surface area contributed by atoms with E-state index in [-0.39, 0.29) is 12.1 Å². The first-order valence-electron chi connectivity index (χ1n) is 8.24. The van der Waals surface area contributed by atoms with Gasteiger partial charge in [-0.1, -0.05) is 0 Å². The normalized spacial score (nSPS) is 26.9. The van der Waals surface area contributed by atoms with Crippen LogP contribution in [0.2, 0.25) is 0 Å². The Morgan fingerprint density at radius 1 is 1.29 bits per heavy atom. The molecule has 0 aromatic heterocycles. The van der Waals surface area contributed by atoms with Crippen LogP contribution in [0.25, 0.3) is 0 Å². The Kier molecular flexibility index (Phi) is 5.88. The molecule has 21 heavy (non-hydrogen) atoms. The molecule has 5 heteroatoms. The van der Waals surface area contributed by atoms with Crippen LogP contribution in [0, 0.1) is 5.92 Å². The Morgan fingerprint density at radius 3 is 2.76 bits per heavy atom. The van der Waals surface area contributed by atoms with Crippen molar-refractivity contribution >= 4 is 6.09 Å². The number of amides is 1. The molecule has 1 N–H and O–H groups in total. The van der Waals surface area contributed by atoms with E-state index in [1.54, 1.807) is 0 Å². The summed E-state index contributed by atoms with van der Waals surface area (Å²) in [6, 6.07) is 0.268. The van der Waals surface area contributed by atoms with Crippen LogP contribution in [-0.4, -0.2) is 55.5 Å². The highest BCUT2D eigenvalue weighted by molar-refractivity contribution is 5.69. The minimum Gasteiger partial charge on any atom is -0.444 e. The number of carbonyl (C=O) groups is 1. The Labute approximate surface area is 128 Å². The molecular weight excluding hydrogens is 268 g/mol. The average molecular weight is 298 g/mol. The van der Waals surface area contributed by atoms with Crippen molar-refractivity contribution in [1.29, 1.82) is 0 Å². The van der Waals surface area contributed by atoms with Gasteiger partial charge < -0.3 is 19.7 Å². The van der Waals surface area contributed by atoms with E-state index in [9.17, 15) is 4.79 Å². The molecule has 0 aromatic rings. The molecule has 2 aliphatic rings. The van der Waals surface area contributed by atoms with E-state index in [2.05, 4.69) is 5.32 Å². The zero-order chi connectivity index (χ0) is 15.3. The van der Waals surface area contributed by atoms with E-state index >= 15 is 0 Å². The molecule has 0 bridgehead atoms. The van der Waals surface area contributed by atoms with E-state index in [4.69, 9.17) is 9.47 Å². The summed E-state index contributed by atoms with van der Waals surface area (Å²) in [6.45, 7) is 10.2. The molecule has 1 amide bonds. The van der Waals surface area contributed by atoms with E-state index in [0.717, 1.165) is 45.7 Å². The first kappa shape index (κ1) is 16.6. The molecule has 0 aliphatic carbocycles. The van der Waals surface area contributed by atoms with Crippen molar-refractivity contribution in [2.45, 2.75) is 58.1 Å². The molecule has 0 radical (unpaired) electrons. The molecule has 2 aliphatic heterocycles. The van der Waals surface area contributed by atoms with Crippen molar-refractivity contribution in [2.75, 3.05) is 32.8 Å². The quantitative estimate of drug-likeness (QED) is 0.866. The molecule has 2 rings (SSSR count). The molecule has 5 nitrogen and oxygen atoms in total. The number of rotatable bonds is 4. The van der Waals surface area contributed by atoms with Crippen molar-refractivity contribution in [3.63, 3.8) is 0 Å². The van der Waals surface area contributed by atoms with E-state index in [1.807, 2.05) is 25.7 Å². The molecule has 2 unspecified atom stereocenters. The van der Waals surface area contributed by atoms with Gasteiger partial charge in [0.15, 0.2) is 0 Å². The summed E-state index contributed by atoms with van der Waals surface area (Å²) in [5.41, 5.74) is -0.420. The third-order valence-corrected chi connectivity index (χ3v) is 4.07. The summed E-state index contributed by atoms with van der Waals surface area (Å²) in [4.78, 5) is 14.1. The van der Waals surface area contributed by atoms with Crippen LogP contribution in [0.5, 0.6) is 0 Å². The summed E-state index contributed by atoms with van der Waals surface area (Å²) >= 11 is 0. The minimum atomic E-state index is -0.420. The fourth-order valence-corrected chi connectivity index (χ4v) is 3.03. The Morgan fingerprint density at radius 2 is 2.10 bits per heavy atom. The zero-order valence-corrected chi connectivity index (χ0v) is 13.7.